The summed E-state index contributed by atoms with van der Waals surface area (Å²) in [6.45, 7) is 1.75. The Kier molecular flexibility index (Phi) is 1.78. The van der Waals surface area contributed by atoms with Crippen LogP contribution >= 0.6 is 0 Å². The van der Waals surface area contributed by atoms with Gasteiger partial charge in [-0.15, -0.1) is 0 Å². The molecule has 1 nitrogen and oxygen atoms in total. The van der Waals surface area contributed by atoms with Gasteiger partial charge in [-0.1, -0.05) is 6.08 Å². The van der Waals surface area contributed by atoms with E-state index in [4.69, 9.17) is 0 Å². The molecule has 2 unspecified atom stereocenters. The van der Waals surface area contributed by atoms with Gasteiger partial charge in [-0.2, -0.15) is 0 Å². The highest BCUT2D eigenvalue weighted by atomic mass is 19.1. The Hall–Kier alpha value is -0.630. The molecule has 1 fully saturated rings. The summed E-state index contributed by atoms with van der Waals surface area (Å²) < 4.78 is 12.7. The van der Waals surface area contributed by atoms with E-state index in [0.717, 1.165) is 19.5 Å². The lowest BCUT2D eigenvalue weighted by Gasteiger charge is -2.28. The second-order valence-corrected chi connectivity index (χ2v) is 3.16. The molecule has 0 aromatic heterocycles. The Morgan fingerprint density at radius 1 is 1.45 bits per heavy atom. The summed E-state index contributed by atoms with van der Waals surface area (Å²) in [6, 6.07) is 0. The van der Waals surface area contributed by atoms with Gasteiger partial charge in [0.25, 0.3) is 0 Å². The summed E-state index contributed by atoms with van der Waals surface area (Å²) in [5.74, 6) is 0.795. The third kappa shape index (κ3) is 1.36. The minimum Gasteiger partial charge on any atom is -0.241 e. The molecule has 2 atom stereocenters. The van der Waals surface area contributed by atoms with Crippen LogP contribution in [-0.4, -0.2) is 13.1 Å². The Bertz CT molecular complexity index is 208. The largest absolute Gasteiger partial charge is 0.241 e. The molecule has 11 heavy (non-hydrogen) atoms. The van der Waals surface area contributed by atoms with Crippen LogP contribution in [0.15, 0.2) is 24.1 Å². The lowest BCUT2D eigenvalue weighted by atomic mass is 9.83. The Morgan fingerprint density at radius 3 is 3.27 bits per heavy atom. The minimum atomic E-state index is -0.0941. The molecule has 0 bridgehead atoms. The van der Waals surface area contributed by atoms with Crippen molar-refractivity contribution in [2.45, 2.75) is 6.42 Å². The second-order valence-electron chi connectivity index (χ2n) is 3.16. The van der Waals surface area contributed by atoms with Crippen LogP contribution < -0.4 is 5.32 Å². The first-order valence-corrected chi connectivity index (χ1v) is 4.05. The molecule has 2 rings (SSSR count). The highest BCUT2D eigenvalue weighted by molar-refractivity contribution is 5.21. The molecule has 1 saturated heterocycles. The minimum absolute atomic E-state index is 0.0941. The normalized spacial score (nSPS) is 36.3. The molecule has 59 valence electrons. The highest BCUT2D eigenvalue weighted by Crippen LogP contribution is 2.28. The molecule has 2 heteroatoms. The van der Waals surface area contributed by atoms with Crippen LogP contribution in [0.3, 0.4) is 0 Å². The van der Waals surface area contributed by atoms with Crippen LogP contribution in [0.5, 0.6) is 0 Å². The van der Waals surface area contributed by atoms with Gasteiger partial charge in [0.05, 0.1) is 0 Å². The van der Waals surface area contributed by atoms with Gasteiger partial charge in [0.2, 0.25) is 0 Å². The van der Waals surface area contributed by atoms with Crippen molar-refractivity contribution >= 4 is 0 Å². The van der Waals surface area contributed by atoms with E-state index in [2.05, 4.69) is 5.32 Å². The summed E-state index contributed by atoms with van der Waals surface area (Å²) in [5.41, 5.74) is 0. The fraction of sp³-hybridized carbons (Fsp3) is 0.556. The summed E-state index contributed by atoms with van der Waals surface area (Å²) in [6.07, 6.45) is 6.35. The van der Waals surface area contributed by atoms with Crippen LogP contribution in [0.2, 0.25) is 0 Å². The maximum absolute atomic E-state index is 12.7. The van der Waals surface area contributed by atoms with Gasteiger partial charge >= 0.3 is 0 Å². The van der Waals surface area contributed by atoms with Crippen LogP contribution in [0, 0.1) is 11.8 Å². The monoisotopic (exact) mass is 152 g/mol. The maximum Gasteiger partial charge on any atom is 0.119 e. The molecule has 0 aromatic carbocycles. The number of rotatable bonds is 0. The fourth-order valence-corrected chi connectivity index (χ4v) is 1.72. The summed E-state index contributed by atoms with van der Waals surface area (Å²) in [5, 5.41) is 4.25. The molecule has 1 radical (unpaired) electrons. The topological polar surface area (TPSA) is 14.1 Å². The first-order valence-electron chi connectivity index (χ1n) is 4.05. The predicted molar refractivity (Wildman–Crippen MR) is 41.8 cm³/mol. The van der Waals surface area contributed by atoms with Gasteiger partial charge in [0, 0.05) is 19.0 Å². The Balaban J connectivity index is 2.13. The quantitative estimate of drug-likeness (QED) is 0.501. The lowest BCUT2D eigenvalue weighted by Crippen LogP contribution is -2.31. The van der Waals surface area contributed by atoms with Crippen molar-refractivity contribution in [2.24, 2.45) is 11.8 Å². The zero-order valence-electron chi connectivity index (χ0n) is 6.33. The first-order chi connectivity index (χ1) is 5.36. The van der Waals surface area contributed by atoms with Gasteiger partial charge < -0.3 is 0 Å². The summed E-state index contributed by atoms with van der Waals surface area (Å²) in [7, 11) is 0. The van der Waals surface area contributed by atoms with E-state index >= 15 is 0 Å². The van der Waals surface area contributed by atoms with E-state index in [1.807, 2.05) is 6.08 Å². The first kappa shape index (κ1) is 7.04. The number of fused-ring (bicyclic) bond motifs is 1. The van der Waals surface area contributed by atoms with E-state index < -0.39 is 0 Å². The molecule has 0 aromatic rings. The van der Waals surface area contributed by atoms with Gasteiger partial charge in [-0.3, -0.25) is 0 Å². The highest BCUT2D eigenvalue weighted by Gasteiger charge is 2.24. The van der Waals surface area contributed by atoms with Crippen molar-refractivity contribution in [3.05, 3.63) is 24.1 Å². The zero-order chi connectivity index (χ0) is 7.68. The number of allylic oxidation sites excluding steroid dienone is 3. The SMILES string of the molecule is FC1=CC2C[N]CCC2C=C1. The van der Waals surface area contributed by atoms with Crippen molar-refractivity contribution in [1.29, 1.82) is 0 Å². The molecule has 2 aliphatic rings. The van der Waals surface area contributed by atoms with Crippen LogP contribution in [0.1, 0.15) is 6.42 Å². The molecule has 0 saturated carbocycles. The van der Waals surface area contributed by atoms with Crippen LogP contribution in [-0.2, 0) is 0 Å². The van der Waals surface area contributed by atoms with E-state index in [0.29, 0.717) is 11.8 Å². The van der Waals surface area contributed by atoms with Crippen LogP contribution in [0.4, 0.5) is 4.39 Å². The smallest absolute Gasteiger partial charge is 0.119 e. The molecule has 0 spiro atoms. The standard InChI is InChI=1S/C9H11FN/c10-9-2-1-7-3-4-11-6-8(7)5-9/h1-2,5,7-8H,3-4,6H2. The molecule has 1 aliphatic carbocycles. The van der Waals surface area contributed by atoms with Crippen molar-refractivity contribution in [2.75, 3.05) is 13.1 Å². The molecule has 0 amide bonds. The van der Waals surface area contributed by atoms with Crippen molar-refractivity contribution in [3.8, 4) is 0 Å². The molecule has 1 heterocycles. The third-order valence-corrected chi connectivity index (χ3v) is 2.39. The molecule has 1 aliphatic heterocycles. The summed E-state index contributed by atoms with van der Waals surface area (Å²) in [4.78, 5) is 0. The number of piperidine rings is 1. The van der Waals surface area contributed by atoms with Crippen molar-refractivity contribution in [1.82, 2.24) is 5.32 Å². The second kappa shape index (κ2) is 2.78. The number of hydrogen-bond acceptors (Lipinski definition) is 0. The molecular weight excluding hydrogens is 141 g/mol. The fourth-order valence-electron chi connectivity index (χ4n) is 1.72. The Labute approximate surface area is 66.0 Å². The van der Waals surface area contributed by atoms with Crippen molar-refractivity contribution < 1.29 is 4.39 Å². The molecular formula is C9H11FN. The van der Waals surface area contributed by atoms with Gasteiger partial charge in [0.15, 0.2) is 0 Å². The van der Waals surface area contributed by atoms with Gasteiger partial charge in [-0.05, 0) is 24.5 Å². The number of halogens is 1. The van der Waals surface area contributed by atoms with E-state index in [-0.39, 0.29) is 5.83 Å². The molecule has 0 N–H and O–H groups in total. The van der Waals surface area contributed by atoms with E-state index in [1.54, 1.807) is 12.2 Å². The maximum atomic E-state index is 12.7. The Morgan fingerprint density at radius 2 is 2.36 bits per heavy atom. The summed E-state index contributed by atoms with van der Waals surface area (Å²) >= 11 is 0. The van der Waals surface area contributed by atoms with E-state index in [9.17, 15) is 4.39 Å². The van der Waals surface area contributed by atoms with Crippen molar-refractivity contribution in [3.63, 3.8) is 0 Å². The van der Waals surface area contributed by atoms with Crippen LogP contribution in [0.25, 0.3) is 0 Å². The average Bonchev–Trinajstić information content (AvgIpc) is 2.04. The van der Waals surface area contributed by atoms with Gasteiger partial charge in [0.1, 0.15) is 5.83 Å². The zero-order valence-corrected chi connectivity index (χ0v) is 6.33. The number of hydrogen-bond donors (Lipinski definition) is 0. The third-order valence-electron chi connectivity index (χ3n) is 2.39. The lowest BCUT2D eigenvalue weighted by molar-refractivity contribution is 0.341. The predicted octanol–water partition coefficient (Wildman–Crippen LogP) is 1.65. The van der Waals surface area contributed by atoms with Gasteiger partial charge in [-0.25, -0.2) is 9.71 Å². The van der Waals surface area contributed by atoms with E-state index in [1.165, 1.54) is 0 Å². The number of nitrogens with zero attached hydrogens (tertiary/aromatic N) is 1. The average molecular weight is 152 g/mol.